The predicted molar refractivity (Wildman–Crippen MR) is 174 cm³/mol. The van der Waals surface area contributed by atoms with Crippen LogP contribution in [0.15, 0.2) is 35.1 Å². The minimum atomic E-state index is -0.613. The van der Waals surface area contributed by atoms with Gasteiger partial charge in [0.25, 0.3) is 5.56 Å². The summed E-state index contributed by atoms with van der Waals surface area (Å²) in [5.41, 5.74) is 0.942. The smallest absolute Gasteiger partial charge is 0.261 e. The highest BCUT2D eigenvalue weighted by molar-refractivity contribution is 6.01. The number of H-pyrrole nitrogens is 1. The summed E-state index contributed by atoms with van der Waals surface area (Å²) in [6.45, 7) is 6.51. The van der Waals surface area contributed by atoms with E-state index in [-0.39, 0.29) is 29.4 Å². The van der Waals surface area contributed by atoms with Crippen molar-refractivity contribution in [3.63, 3.8) is 0 Å². The summed E-state index contributed by atoms with van der Waals surface area (Å²) in [6, 6.07) is 7.79. The number of anilines is 2. The van der Waals surface area contributed by atoms with Gasteiger partial charge in [-0.3, -0.25) is 24.6 Å². The molecule has 3 N–H and O–H groups in total. The molecule has 3 saturated heterocycles. The number of piperazine rings is 1. The number of ether oxygens (including phenoxy) is 1. The summed E-state index contributed by atoms with van der Waals surface area (Å²) < 4.78 is 35.6. The fourth-order valence-electron chi connectivity index (χ4n) is 6.92. The molecule has 0 radical (unpaired) electrons. The SMILES string of the molecule is O=C1CCC(Nc2ccc(N3CCC(N4CCN(CCc5nc6cc(OCC7CC7)cc(F)c6c(=O)[nH]5)CC4)CC3)c(F)c2)C(=O)N1. The van der Waals surface area contributed by atoms with Crippen molar-refractivity contribution in [3.8, 4) is 5.75 Å². The summed E-state index contributed by atoms with van der Waals surface area (Å²) >= 11 is 0. The number of carbonyl (C=O) groups is 2. The molecule has 3 aromatic rings. The molecule has 1 aromatic heterocycles. The van der Waals surface area contributed by atoms with E-state index < -0.39 is 17.4 Å². The zero-order chi connectivity index (χ0) is 32.5. The van der Waals surface area contributed by atoms with E-state index in [1.807, 2.05) is 0 Å². The summed E-state index contributed by atoms with van der Waals surface area (Å²) in [6.07, 6.45) is 5.38. The largest absolute Gasteiger partial charge is 0.493 e. The van der Waals surface area contributed by atoms with Crippen molar-refractivity contribution in [1.82, 2.24) is 25.1 Å². The van der Waals surface area contributed by atoms with Crippen LogP contribution in [-0.2, 0) is 16.0 Å². The number of hydrogen-bond donors (Lipinski definition) is 3. The number of aromatic nitrogens is 2. The number of nitrogens with one attached hydrogen (secondary N) is 3. The van der Waals surface area contributed by atoms with Crippen LogP contribution in [0.25, 0.3) is 10.9 Å². The van der Waals surface area contributed by atoms with Crippen LogP contribution in [0, 0.1) is 17.6 Å². The number of nitrogens with zero attached hydrogens (tertiary/aromatic N) is 4. The average Bonchev–Trinajstić information content (AvgIpc) is 3.89. The maximum absolute atomic E-state index is 15.1. The van der Waals surface area contributed by atoms with E-state index in [2.05, 4.69) is 35.3 Å². The third-order valence-electron chi connectivity index (χ3n) is 9.89. The molecule has 11 nitrogen and oxygen atoms in total. The van der Waals surface area contributed by atoms with E-state index >= 15 is 4.39 Å². The van der Waals surface area contributed by atoms with E-state index in [9.17, 15) is 18.8 Å². The van der Waals surface area contributed by atoms with Gasteiger partial charge >= 0.3 is 0 Å². The molecule has 1 saturated carbocycles. The number of imide groups is 1. The molecular formula is C34H41F2N7O4. The van der Waals surface area contributed by atoms with Crippen LogP contribution in [0.4, 0.5) is 20.2 Å². The number of amides is 2. The highest BCUT2D eigenvalue weighted by Gasteiger charge is 2.30. The van der Waals surface area contributed by atoms with E-state index in [4.69, 9.17) is 4.74 Å². The van der Waals surface area contributed by atoms with Crippen molar-refractivity contribution in [3.05, 3.63) is 58.1 Å². The molecule has 4 heterocycles. The average molecular weight is 650 g/mol. The summed E-state index contributed by atoms with van der Waals surface area (Å²) in [7, 11) is 0. The summed E-state index contributed by atoms with van der Waals surface area (Å²) in [5, 5.41) is 5.33. The molecule has 4 aliphatic rings. The number of fused-ring (bicyclic) bond motifs is 1. The standard InChI is InChI=1S/C34H41F2N7O4/c35-25-17-22(37-27-4-6-31(44)40-33(27)45)3-5-29(25)43-11-7-23(8-12-43)42-15-13-41(14-16-42)10-9-30-38-28-19-24(47-20-21-1-2-21)18-26(36)32(28)34(46)39-30/h3,5,17-19,21,23,27,37H,1-2,4,6-16,20H2,(H,38,39,46)(H,40,44,45). The van der Waals surface area contributed by atoms with Gasteiger partial charge in [0.15, 0.2) is 0 Å². The molecular weight excluding hydrogens is 608 g/mol. The van der Waals surface area contributed by atoms with Crippen LogP contribution in [0.1, 0.15) is 44.3 Å². The second-order valence-electron chi connectivity index (χ2n) is 13.2. The van der Waals surface area contributed by atoms with Crippen LogP contribution < -0.4 is 25.8 Å². The van der Waals surface area contributed by atoms with Crippen molar-refractivity contribution in [2.45, 2.75) is 57.0 Å². The van der Waals surface area contributed by atoms with Crippen molar-refractivity contribution in [1.29, 1.82) is 0 Å². The molecule has 0 spiro atoms. The van der Waals surface area contributed by atoms with E-state index in [0.29, 0.717) is 59.9 Å². The Balaban J connectivity index is 0.872. The molecule has 3 aliphatic heterocycles. The number of rotatable bonds is 10. The molecule has 7 rings (SSSR count). The molecule has 1 aliphatic carbocycles. The van der Waals surface area contributed by atoms with Crippen molar-refractivity contribution >= 4 is 34.1 Å². The number of piperidine rings is 2. The molecule has 2 aromatic carbocycles. The van der Waals surface area contributed by atoms with E-state index in [1.165, 1.54) is 12.1 Å². The molecule has 250 valence electrons. The lowest BCUT2D eigenvalue weighted by Crippen LogP contribution is -2.53. The quantitative estimate of drug-likeness (QED) is 0.285. The predicted octanol–water partition coefficient (Wildman–Crippen LogP) is 3.04. The van der Waals surface area contributed by atoms with Crippen LogP contribution in [0.3, 0.4) is 0 Å². The monoisotopic (exact) mass is 649 g/mol. The summed E-state index contributed by atoms with van der Waals surface area (Å²) in [4.78, 5) is 50.4. The Labute approximate surface area is 271 Å². The fraction of sp³-hybridized carbons (Fsp3) is 0.529. The van der Waals surface area contributed by atoms with Crippen molar-refractivity contribution in [2.24, 2.45) is 5.92 Å². The Morgan fingerprint density at radius 1 is 0.915 bits per heavy atom. The minimum Gasteiger partial charge on any atom is -0.493 e. The molecule has 13 heteroatoms. The number of benzene rings is 2. The molecule has 2 amide bonds. The first-order chi connectivity index (χ1) is 22.8. The Hall–Kier alpha value is -4.10. The van der Waals surface area contributed by atoms with Gasteiger partial charge in [-0.25, -0.2) is 13.8 Å². The third kappa shape index (κ3) is 7.41. The molecule has 1 atom stereocenters. The molecule has 1 unspecified atom stereocenters. The number of carbonyl (C=O) groups excluding carboxylic acids is 2. The first kappa shape index (κ1) is 31.5. The zero-order valence-corrected chi connectivity index (χ0v) is 26.4. The van der Waals surface area contributed by atoms with E-state index in [1.54, 1.807) is 18.2 Å². The molecule has 47 heavy (non-hydrogen) atoms. The van der Waals surface area contributed by atoms with Crippen LogP contribution in [0.5, 0.6) is 5.75 Å². The Kier molecular flexibility index (Phi) is 9.09. The zero-order valence-electron chi connectivity index (χ0n) is 26.4. The van der Waals surface area contributed by atoms with Gasteiger partial charge in [-0.15, -0.1) is 0 Å². The first-order valence-electron chi connectivity index (χ1n) is 16.8. The topological polar surface area (TPSA) is 123 Å². The Bertz CT molecular complexity index is 1700. The normalized spacial score (nSPS) is 21.7. The van der Waals surface area contributed by atoms with Gasteiger partial charge in [0.1, 0.15) is 34.6 Å². The lowest BCUT2D eigenvalue weighted by molar-refractivity contribution is -0.133. The first-order valence-corrected chi connectivity index (χ1v) is 16.8. The van der Waals surface area contributed by atoms with E-state index in [0.717, 1.165) is 71.5 Å². The maximum Gasteiger partial charge on any atom is 0.261 e. The Morgan fingerprint density at radius 2 is 1.70 bits per heavy atom. The third-order valence-corrected chi connectivity index (χ3v) is 9.89. The molecule has 0 bridgehead atoms. The van der Waals surface area contributed by atoms with Crippen LogP contribution in [0.2, 0.25) is 0 Å². The van der Waals surface area contributed by atoms with Crippen LogP contribution in [-0.4, -0.2) is 96.1 Å². The van der Waals surface area contributed by atoms with Gasteiger partial charge in [0.05, 0.1) is 17.8 Å². The number of halogens is 2. The lowest BCUT2D eigenvalue weighted by atomic mass is 10.0. The van der Waals surface area contributed by atoms with Gasteiger partial charge in [0, 0.05) is 82.5 Å². The number of aromatic amines is 1. The molecule has 4 fully saturated rings. The lowest BCUT2D eigenvalue weighted by Gasteiger charge is -2.43. The second kappa shape index (κ2) is 13.6. The van der Waals surface area contributed by atoms with Crippen molar-refractivity contribution < 1.29 is 23.1 Å². The highest BCUT2D eigenvalue weighted by Crippen LogP contribution is 2.31. The minimum absolute atomic E-state index is 0.0336. The van der Waals surface area contributed by atoms with Gasteiger partial charge in [-0.2, -0.15) is 0 Å². The maximum atomic E-state index is 15.1. The Morgan fingerprint density at radius 3 is 2.43 bits per heavy atom. The van der Waals surface area contributed by atoms with Gasteiger partial charge in [0.2, 0.25) is 11.8 Å². The van der Waals surface area contributed by atoms with Gasteiger partial charge < -0.3 is 24.8 Å². The van der Waals surface area contributed by atoms with Crippen LogP contribution >= 0.6 is 0 Å². The van der Waals surface area contributed by atoms with Crippen molar-refractivity contribution in [2.75, 3.05) is 62.6 Å². The highest BCUT2D eigenvalue weighted by atomic mass is 19.1. The summed E-state index contributed by atoms with van der Waals surface area (Å²) in [5.74, 6) is -0.110. The van der Waals surface area contributed by atoms with Gasteiger partial charge in [-0.1, -0.05) is 0 Å². The number of hydrogen-bond acceptors (Lipinski definition) is 9. The fourth-order valence-corrected chi connectivity index (χ4v) is 6.92. The van der Waals surface area contributed by atoms with Gasteiger partial charge in [-0.05, 0) is 56.2 Å². The second-order valence-corrected chi connectivity index (χ2v) is 13.2.